The van der Waals surface area contributed by atoms with Crippen molar-refractivity contribution < 1.29 is 25.2 Å². The first-order valence-electron chi connectivity index (χ1n) is 12.3. The molecular weight excluding hydrogens is 380 g/mol. The Labute approximate surface area is 181 Å². The molecule has 0 heterocycles. The minimum atomic E-state index is -0.744. The number of carboxylic acid groups (broad SMARTS) is 1. The molecule has 4 aliphatic rings. The summed E-state index contributed by atoms with van der Waals surface area (Å²) in [7, 11) is 0. The first-order valence-corrected chi connectivity index (χ1v) is 12.3. The van der Waals surface area contributed by atoms with Gasteiger partial charge in [0.1, 0.15) is 0 Å². The average molecular weight is 423 g/mol. The summed E-state index contributed by atoms with van der Waals surface area (Å²) < 4.78 is 0. The molecule has 0 radical (unpaired) electrons. The summed E-state index contributed by atoms with van der Waals surface area (Å²) in [6.45, 7) is 8.52. The van der Waals surface area contributed by atoms with Gasteiger partial charge in [-0.3, -0.25) is 4.79 Å². The SMILES string of the molecule is C[C@H](C[C@H](C)C(=O)O)[C@H]1CC[C@H]2[C@@H]3[C@H](O)C[C@@H]4C[C@H](O)CC[C@]4(C)[C@H]3C[C@H](O)[C@]12C. The number of carboxylic acids is 1. The van der Waals surface area contributed by atoms with E-state index in [1.54, 1.807) is 6.92 Å². The van der Waals surface area contributed by atoms with Crippen molar-refractivity contribution in [3.63, 3.8) is 0 Å². The third-order valence-corrected chi connectivity index (χ3v) is 10.7. The van der Waals surface area contributed by atoms with Gasteiger partial charge in [0.15, 0.2) is 0 Å². The van der Waals surface area contributed by atoms with Crippen LogP contribution in [-0.2, 0) is 4.79 Å². The van der Waals surface area contributed by atoms with Gasteiger partial charge in [-0.05, 0) is 97.7 Å². The second kappa shape index (κ2) is 7.74. The number of aliphatic carboxylic acids is 1. The monoisotopic (exact) mass is 422 g/mol. The zero-order valence-corrected chi connectivity index (χ0v) is 19.1. The highest BCUT2D eigenvalue weighted by Gasteiger charge is 2.65. The standard InChI is InChI=1S/C25H42O5/c1-13(9-14(2)23(29)30)17-5-6-18-22-19(12-21(28)25(17,18)4)24(3)8-7-16(26)10-15(24)11-20(22)27/h13-22,26-28H,5-12H2,1-4H3,(H,29,30)/t13-,14+,15+,16-,17-,18+,19+,20-,21+,22+,24+,25-/m1/s1. The fraction of sp³-hybridized carbons (Fsp3) is 0.960. The number of rotatable bonds is 4. The second-order valence-corrected chi connectivity index (χ2v) is 12.0. The molecule has 0 saturated heterocycles. The van der Waals surface area contributed by atoms with Gasteiger partial charge in [0.2, 0.25) is 0 Å². The Hall–Kier alpha value is -0.650. The summed E-state index contributed by atoms with van der Waals surface area (Å²) in [4.78, 5) is 11.4. The maximum atomic E-state index is 11.5. The highest BCUT2D eigenvalue weighted by atomic mass is 16.4. The lowest BCUT2D eigenvalue weighted by Gasteiger charge is -2.63. The van der Waals surface area contributed by atoms with Crippen LogP contribution in [0.15, 0.2) is 0 Å². The largest absolute Gasteiger partial charge is 0.481 e. The summed E-state index contributed by atoms with van der Waals surface area (Å²) in [6, 6.07) is 0. The molecule has 0 amide bonds. The van der Waals surface area contributed by atoms with Gasteiger partial charge in [-0.1, -0.05) is 27.7 Å². The molecule has 4 N–H and O–H groups in total. The lowest BCUT2D eigenvalue weighted by atomic mass is 9.43. The third kappa shape index (κ3) is 3.26. The van der Waals surface area contributed by atoms with Crippen LogP contribution in [0.4, 0.5) is 0 Å². The maximum absolute atomic E-state index is 11.5. The van der Waals surface area contributed by atoms with E-state index in [-0.39, 0.29) is 40.8 Å². The number of hydrogen-bond acceptors (Lipinski definition) is 4. The Balaban J connectivity index is 1.61. The van der Waals surface area contributed by atoms with E-state index in [1.165, 1.54) is 0 Å². The molecule has 4 saturated carbocycles. The summed E-state index contributed by atoms with van der Waals surface area (Å²) in [5.74, 6) is 0.567. The van der Waals surface area contributed by atoms with Gasteiger partial charge in [0, 0.05) is 0 Å². The lowest BCUT2D eigenvalue weighted by Crippen LogP contribution is -2.62. The first kappa shape index (κ1) is 22.5. The molecule has 0 aromatic carbocycles. The molecule has 4 aliphatic carbocycles. The van der Waals surface area contributed by atoms with E-state index >= 15 is 0 Å². The minimum absolute atomic E-state index is 0.0902. The highest BCUT2D eigenvalue weighted by Crippen LogP contribution is 2.68. The molecule has 5 heteroatoms. The molecule has 30 heavy (non-hydrogen) atoms. The van der Waals surface area contributed by atoms with E-state index in [1.807, 2.05) is 0 Å². The van der Waals surface area contributed by atoms with E-state index in [4.69, 9.17) is 0 Å². The van der Waals surface area contributed by atoms with Gasteiger partial charge in [-0.2, -0.15) is 0 Å². The van der Waals surface area contributed by atoms with Gasteiger partial charge in [-0.25, -0.2) is 0 Å². The number of carbonyl (C=O) groups is 1. The van der Waals surface area contributed by atoms with Crippen LogP contribution in [0.1, 0.15) is 79.1 Å². The fourth-order valence-corrected chi connectivity index (χ4v) is 8.95. The quantitative estimate of drug-likeness (QED) is 0.554. The topological polar surface area (TPSA) is 98.0 Å². The van der Waals surface area contributed by atoms with Gasteiger partial charge >= 0.3 is 5.97 Å². The molecular formula is C25H42O5. The highest BCUT2D eigenvalue weighted by molar-refractivity contribution is 5.69. The number of fused-ring (bicyclic) bond motifs is 5. The maximum Gasteiger partial charge on any atom is 0.306 e. The Morgan fingerprint density at radius 1 is 1.00 bits per heavy atom. The third-order valence-electron chi connectivity index (χ3n) is 10.7. The van der Waals surface area contributed by atoms with Crippen LogP contribution >= 0.6 is 0 Å². The van der Waals surface area contributed by atoms with Crippen LogP contribution in [0.25, 0.3) is 0 Å². The van der Waals surface area contributed by atoms with E-state index in [9.17, 15) is 25.2 Å². The zero-order valence-electron chi connectivity index (χ0n) is 19.1. The van der Waals surface area contributed by atoms with E-state index in [0.717, 1.165) is 44.9 Å². The van der Waals surface area contributed by atoms with Crippen LogP contribution in [0.2, 0.25) is 0 Å². The molecule has 12 atom stereocenters. The molecule has 4 rings (SSSR count). The van der Waals surface area contributed by atoms with Gasteiger partial charge < -0.3 is 20.4 Å². The molecule has 172 valence electrons. The van der Waals surface area contributed by atoms with E-state index in [0.29, 0.717) is 30.1 Å². The van der Waals surface area contributed by atoms with Crippen molar-refractivity contribution in [3.8, 4) is 0 Å². The molecule has 4 fully saturated rings. The van der Waals surface area contributed by atoms with Crippen molar-refractivity contribution >= 4 is 5.97 Å². The van der Waals surface area contributed by atoms with Crippen LogP contribution in [0.3, 0.4) is 0 Å². The molecule has 5 nitrogen and oxygen atoms in total. The van der Waals surface area contributed by atoms with Crippen molar-refractivity contribution in [1.82, 2.24) is 0 Å². The fourth-order valence-electron chi connectivity index (χ4n) is 8.95. The first-order chi connectivity index (χ1) is 14.0. The van der Waals surface area contributed by atoms with Crippen molar-refractivity contribution in [3.05, 3.63) is 0 Å². The zero-order chi connectivity index (χ0) is 22.0. The predicted molar refractivity (Wildman–Crippen MR) is 115 cm³/mol. The summed E-state index contributed by atoms with van der Waals surface area (Å²) in [5.41, 5.74) is -0.163. The van der Waals surface area contributed by atoms with Crippen LogP contribution in [-0.4, -0.2) is 44.7 Å². The Bertz CT molecular complexity index is 666. The van der Waals surface area contributed by atoms with Crippen LogP contribution in [0.5, 0.6) is 0 Å². The van der Waals surface area contributed by atoms with Gasteiger partial charge in [0.05, 0.1) is 24.2 Å². The molecule has 0 unspecified atom stereocenters. The minimum Gasteiger partial charge on any atom is -0.481 e. The molecule has 0 spiro atoms. The molecule has 0 bridgehead atoms. The Morgan fingerprint density at radius 3 is 2.37 bits per heavy atom. The Morgan fingerprint density at radius 2 is 1.70 bits per heavy atom. The number of aliphatic hydroxyl groups is 3. The number of aliphatic hydroxyl groups excluding tert-OH is 3. The average Bonchev–Trinajstić information content (AvgIpc) is 3.02. The summed E-state index contributed by atoms with van der Waals surface area (Å²) >= 11 is 0. The van der Waals surface area contributed by atoms with Crippen molar-refractivity contribution in [1.29, 1.82) is 0 Å². The molecule has 0 aromatic rings. The van der Waals surface area contributed by atoms with Crippen LogP contribution in [0, 0.1) is 52.3 Å². The normalized spacial score (nSPS) is 52.6. The second-order valence-electron chi connectivity index (χ2n) is 12.0. The van der Waals surface area contributed by atoms with Gasteiger partial charge in [0.25, 0.3) is 0 Å². The van der Waals surface area contributed by atoms with E-state index in [2.05, 4.69) is 20.8 Å². The summed E-state index contributed by atoms with van der Waals surface area (Å²) in [5, 5.41) is 42.4. The predicted octanol–water partition coefficient (Wildman–Crippen LogP) is 3.69. The van der Waals surface area contributed by atoms with E-state index < -0.39 is 12.1 Å². The van der Waals surface area contributed by atoms with Crippen molar-refractivity contribution in [2.45, 2.75) is 97.4 Å². The summed E-state index contributed by atoms with van der Waals surface area (Å²) in [6.07, 6.45) is 5.75. The van der Waals surface area contributed by atoms with Crippen molar-refractivity contribution in [2.24, 2.45) is 52.3 Å². The molecule has 0 aliphatic heterocycles. The van der Waals surface area contributed by atoms with Gasteiger partial charge in [-0.15, -0.1) is 0 Å². The van der Waals surface area contributed by atoms with Crippen LogP contribution < -0.4 is 0 Å². The number of hydrogen-bond donors (Lipinski definition) is 4. The van der Waals surface area contributed by atoms with Crippen molar-refractivity contribution in [2.75, 3.05) is 0 Å². The molecule has 0 aromatic heterocycles. The smallest absolute Gasteiger partial charge is 0.306 e. The lowest BCUT2D eigenvalue weighted by molar-refractivity contribution is -0.207. The Kier molecular flexibility index (Phi) is 5.81.